The number of hydrogen-bond acceptors (Lipinski definition) is 7. The molecule has 0 saturated heterocycles. The van der Waals surface area contributed by atoms with Gasteiger partial charge in [0.25, 0.3) is 5.91 Å². The number of furan rings is 1. The summed E-state index contributed by atoms with van der Waals surface area (Å²) in [6.45, 7) is 2.68. The summed E-state index contributed by atoms with van der Waals surface area (Å²) < 4.78 is 9.08. The molecule has 0 radical (unpaired) electrons. The third-order valence-electron chi connectivity index (χ3n) is 8.58. The van der Waals surface area contributed by atoms with Gasteiger partial charge < -0.3 is 25.2 Å². The molecular formula is C26H30BrN7O5. The van der Waals surface area contributed by atoms with E-state index in [1.54, 1.807) is 40.2 Å². The van der Waals surface area contributed by atoms with Gasteiger partial charge in [0.15, 0.2) is 5.69 Å². The molecule has 39 heavy (non-hydrogen) atoms. The number of hydrogen-bond donors (Lipinski definition) is 2. The zero-order valence-corrected chi connectivity index (χ0v) is 23.1. The van der Waals surface area contributed by atoms with Gasteiger partial charge in [0.2, 0.25) is 5.91 Å². The van der Waals surface area contributed by atoms with E-state index in [0.29, 0.717) is 40.7 Å². The molecule has 2 amide bonds. The molecule has 4 saturated carbocycles. The van der Waals surface area contributed by atoms with Crippen LogP contribution in [0.1, 0.15) is 68.1 Å². The molecule has 4 aliphatic rings. The average Bonchev–Trinajstić information content (AvgIpc) is 3.61. The normalized spacial score (nSPS) is 27.0. The maximum atomic E-state index is 13.5. The van der Waals surface area contributed by atoms with Crippen molar-refractivity contribution in [3.8, 4) is 0 Å². The van der Waals surface area contributed by atoms with E-state index < -0.39 is 10.8 Å². The van der Waals surface area contributed by atoms with Crippen LogP contribution >= 0.6 is 15.9 Å². The van der Waals surface area contributed by atoms with Gasteiger partial charge in [-0.3, -0.25) is 14.3 Å². The predicted octanol–water partition coefficient (Wildman–Crippen LogP) is 4.62. The fraction of sp³-hybridized carbons (Fsp3) is 0.538. The van der Waals surface area contributed by atoms with E-state index in [1.807, 2.05) is 6.92 Å². The van der Waals surface area contributed by atoms with Gasteiger partial charge in [-0.15, -0.1) is 0 Å². The lowest BCUT2D eigenvalue weighted by Crippen LogP contribution is -2.57. The number of halogens is 1. The van der Waals surface area contributed by atoms with Crippen LogP contribution in [0.4, 0.5) is 11.5 Å². The molecular weight excluding hydrogens is 570 g/mol. The van der Waals surface area contributed by atoms with Crippen LogP contribution in [0, 0.1) is 27.4 Å². The van der Waals surface area contributed by atoms with Crippen LogP contribution < -0.4 is 10.6 Å². The highest BCUT2D eigenvalue weighted by Crippen LogP contribution is 2.65. The quantitative estimate of drug-likeness (QED) is 0.269. The maximum absolute atomic E-state index is 13.5. The second kappa shape index (κ2) is 9.61. The number of aryl methyl sites for hydroxylation is 1. The standard InChI is InChI=1S/C26H30BrN7O5/c1-2-32-14-20(22(30-32)24(36)28-12-18-4-3-5-39-18)29-21(35)11-25-7-16-6-17(8-25)10-26(9-16,15-25)33-13-19(27)23(31-33)34(37)38/h3-5,13-14,16-17H,2,6-12,15H2,1H3,(H,28,36)(H,29,35). The van der Waals surface area contributed by atoms with Crippen molar-refractivity contribution in [1.82, 2.24) is 24.9 Å². The van der Waals surface area contributed by atoms with Gasteiger partial charge in [0, 0.05) is 19.2 Å². The summed E-state index contributed by atoms with van der Waals surface area (Å²) in [6, 6.07) is 3.52. The Morgan fingerprint density at radius 3 is 2.64 bits per heavy atom. The third-order valence-corrected chi connectivity index (χ3v) is 9.14. The van der Waals surface area contributed by atoms with Gasteiger partial charge in [-0.2, -0.15) is 9.78 Å². The number of amides is 2. The van der Waals surface area contributed by atoms with E-state index >= 15 is 0 Å². The van der Waals surface area contributed by atoms with Gasteiger partial charge in [-0.1, -0.05) is 0 Å². The van der Waals surface area contributed by atoms with E-state index in [4.69, 9.17) is 4.42 Å². The van der Waals surface area contributed by atoms with Gasteiger partial charge in [0.05, 0.1) is 35.3 Å². The number of carbonyl (C=O) groups is 2. The summed E-state index contributed by atoms with van der Waals surface area (Å²) in [5.41, 5.74) is -0.00749. The summed E-state index contributed by atoms with van der Waals surface area (Å²) in [7, 11) is 0. The second-order valence-electron chi connectivity index (χ2n) is 11.4. The number of nitro groups is 1. The van der Waals surface area contributed by atoms with E-state index in [0.717, 1.165) is 38.5 Å². The summed E-state index contributed by atoms with van der Waals surface area (Å²) >= 11 is 3.30. The molecule has 2 atom stereocenters. The van der Waals surface area contributed by atoms with Crippen LogP contribution in [0.2, 0.25) is 0 Å². The van der Waals surface area contributed by atoms with Crippen LogP contribution in [-0.2, 0) is 23.4 Å². The highest BCUT2D eigenvalue weighted by molar-refractivity contribution is 9.10. The molecule has 4 aliphatic carbocycles. The van der Waals surface area contributed by atoms with Gasteiger partial charge in [-0.25, -0.2) is 0 Å². The fourth-order valence-corrected chi connectivity index (χ4v) is 8.05. The Labute approximate surface area is 232 Å². The molecule has 0 spiro atoms. The van der Waals surface area contributed by atoms with Crippen LogP contribution in [0.15, 0.2) is 39.7 Å². The predicted molar refractivity (Wildman–Crippen MR) is 143 cm³/mol. The van der Waals surface area contributed by atoms with Crippen LogP contribution in [0.25, 0.3) is 0 Å². The number of nitrogens with one attached hydrogen (secondary N) is 2. The number of rotatable bonds is 9. The van der Waals surface area contributed by atoms with E-state index in [-0.39, 0.29) is 34.9 Å². The molecule has 2 unspecified atom stereocenters. The molecule has 0 aromatic carbocycles. The number of aromatic nitrogens is 4. The lowest BCUT2D eigenvalue weighted by atomic mass is 9.46. The molecule has 206 valence electrons. The van der Waals surface area contributed by atoms with Crippen molar-refractivity contribution in [2.24, 2.45) is 17.3 Å². The highest BCUT2D eigenvalue weighted by Gasteiger charge is 2.60. The molecule has 13 heteroatoms. The lowest BCUT2D eigenvalue weighted by Gasteiger charge is -2.61. The average molecular weight is 600 g/mol. The van der Waals surface area contributed by atoms with Crippen molar-refractivity contribution >= 4 is 39.2 Å². The molecule has 4 fully saturated rings. The van der Waals surface area contributed by atoms with Crippen molar-refractivity contribution in [1.29, 1.82) is 0 Å². The smallest absolute Gasteiger partial charge is 0.404 e. The SMILES string of the molecule is CCn1cc(NC(=O)CC23CC4CC(C2)CC(n2cc(Br)c([N+](=O)[O-])n2)(C4)C3)c(C(=O)NCc2ccco2)n1. The summed E-state index contributed by atoms with van der Waals surface area (Å²) in [6.07, 6.45) is 10.9. The Kier molecular flexibility index (Phi) is 6.35. The first kappa shape index (κ1) is 25.8. The largest absolute Gasteiger partial charge is 0.467 e. The maximum Gasteiger partial charge on any atom is 0.404 e. The second-order valence-corrected chi connectivity index (χ2v) is 12.3. The van der Waals surface area contributed by atoms with Gasteiger partial charge in [-0.05, 0) is 95.7 Å². The monoisotopic (exact) mass is 599 g/mol. The van der Waals surface area contributed by atoms with Crippen molar-refractivity contribution in [2.75, 3.05) is 5.32 Å². The Morgan fingerprint density at radius 1 is 1.23 bits per heavy atom. The molecule has 3 aromatic heterocycles. The minimum Gasteiger partial charge on any atom is -0.467 e. The van der Waals surface area contributed by atoms with Crippen LogP contribution in [0.3, 0.4) is 0 Å². The van der Waals surface area contributed by atoms with E-state index in [1.165, 1.54) is 0 Å². The van der Waals surface area contributed by atoms with Crippen LogP contribution in [0.5, 0.6) is 0 Å². The Hall–Kier alpha value is -3.48. The minimum absolute atomic E-state index is 0.157. The molecule has 3 heterocycles. The molecule has 3 aromatic rings. The Bertz CT molecular complexity index is 1410. The first-order valence-corrected chi connectivity index (χ1v) is 14.0. The molecule has 0 aliphatic heterocycles. The van der Waals surface area contributed by atoms with Gasteiger partial charge in [0.1, 0.15) is 10.2 Å². The highest BCUT2D eigenvalue weighted by atomic mass is 79.9. The number of carbonyl (C=O) groups excluding carboxylic acids is 2. The summed E-state index contributed by atoms with van der Waals surface area (Å²) in [5.74, 6) is 0.792. The third kappa shape index (κ3) is 4.77. The zero-order chi connectivity index (χ0) is 27.4. The summed E-state index contributed by atoms with van der Waals surface area (Å²) in [5, 5.41) is 26.0. The Morgan fingerprint density at radius 2 is 2.00 bits per heavy atom. The number of nitrogens with zero attached hydrogens (tertiary/aromatic N) is 5. The molecule has 2 N–H and O–H groups in total. The van der Waals surface area contributed by atoms with Gasteiger partial charge >= 0.3 is 5.82 Å². The number of anilines is 1. The van der Waals surface area contributed by atoms with E-state index in [9.17, 15) is 19.7 Å². The molecule has 4 bridgehead atoms. The Balaban J connectivity index is 1.20. The van der Waals surface area contributed by atoms with Crippen LogP contribution in [-0.4, -0.2) is 36.3 Å². The molecule has 7 rings (SSSR count). The van der Waals surface area contributed by atoms with Crippen molar-refractivity contribution in [2.45, 2.75) is 70.5 Å². The summed E-state index contributed by atoms with van der Waals surface area (Å²) in [4.78, 5) is 37.4. The minimum atomic E-state index is -0.469. The van der Waals surface area contributed by atoms with Crippen molar-refractivity contribution < 1.29 is 18.9 Å². The lowest BCUT2D eigenvalue weighted by molar-refractivity contribution is -0.390. The van der Waals surface area contributed by atoms with Crippen molar-refractivity contribution in [3.05, 3.63) is 56.8 Å². The molecule has 12 nitrogen and oxygen atoms in total. The van der Waals surface area contributed by atoms with E-state index in [2.05, 4.69) is 36.8 Å². The first-order chi connectivity index (χ1) is 18.7. The van der Waals surface area contributed by atoms with Crippen molar-refractivity contribution in [3.63, 3.8) is 0 Å². The first-order valence-electron chi connectivity index (χ1n) is 13.3. The zero-order valence-electron chi connectivity index (χ0n) is 21.6. The fourth-order valence-electron chi connectivity index (χ4n) is 7.63. The topological polar surface area (TPSA) is 150 Å².